The first-order valence-corrected chi connectivity index (χ1v) is 7.94. The minimum absolute atomic E-state index is 0. The fourth-order valence-corrected chi connectivity index (χ4v) is 3.28. The van der Waals surface area contributed by atoms with Crippen LogP contribution in [0.5, 0.6) is 0 Å². The Morgan fingerprint density at radius 1 is 1.17 bits per heavy atom. The summed E-state index contributed by atoms with van der Waals surface area (Å²) < 4.78 is 0. The van der Waals surface area contributed by atoms with Gasteiger partial charge in [0.2, 0.25) is 11.8 Å². The van der Waals surface area contributed by atoms with E-state index in [0.717, 1.165) is 19.4 Å². The van der Waals surface area contributed by atoms with Crippen LogP contribution in [0, 0.1) is 0 Å². The minimum Gasteiger partial charge on any atom is -0.346 e. The number of halogens is 1. The van der Waals surface area contributed by atoms with Crippen molar-refractivity contribution in [2.75, 3.05) is 19.6 Å². The average molecular weight is 348 g/mol. The Morgan fingerprint density at radius 3 is 2.71 bits per heavy atom. The fourth-order valence-electron chi connectivity index (χ4n) is 3.28. The monoisotopic (exact) mass is 347 g/mol. The first kappa shape index (κ1) is 18.2. The van der Waals surface area contributed by atoms with E-state index in [1.165, 1.54) is 16.3 Å². The lowest BCUT2D eigenvalue weighted by atomic mass is 9.97. The molecular formula is C18H22ClN3O2. The third kappa shape index (κ3) is 3.68. The Morgan fingerprint density at radius 2 is 1.92 bits per heavy atom. The van der Waals surface area contributed by atoms with Gasteiger partial charge < -0.3 is 16.0 Å². The van der Waals surface area contributed by atoms with E-state index in [0.29, 0.717) is 0 Å². The van der Waals surface area contributed by atoms with E-state index in [1.54, 1.807) is 0 Å². The number of nitrogens with two attached hydrogens (primary N) is 1. The molecule has 3 rings (SSSR count). The summed E-state index contributed by atoms with van der Waals surface area (Å²) in [7, 11) is 0. The van der Waals surface area contributed by atoms with Crippen LogP contribution in [-0.4, -0.2) is 36.3 Å². The van der Waals surface area contributed by atoms with E-state index in [4.69, 9.17) is 5.73 Å². The van der Waals surface area contributed by atoms with Crippen molar-refractivity contribution in [3.05, 3.63) is 48.0 Å². The highest BCUT2D eigenvalue weighted by Crippen LogP contribution is 2.35. The molecule has 1 atom stereocenters. The molecule has 5 nitrogen and oxygen atoms in total. The van der Waals surface area contributed by atoms with E-state index >= 15 is 0 Å². The Hall–Kier alpha value is -2.11. The second-order valence-electron chi connectivity index (χ2n) is 5.79. The van der Waals surface area contributed by atoms with Crippen molar-refractivity contribution < 1.29 is 9.59 Å². The normalized spacial score (nSPS) is 16.7. The van der Waals surface area contributed by atoms with Gasteiger partial charge in [0.25, 0.3) is 0 Å². The minimum atomic E-state index is -0.306. The van der Waals surface area contributed by atoms with Gasteiger partial charge in [-0.3, -0.25) is 9.59 Å². The highest BCUT2D eigenvalue weighted by molar-refractivity contribution is 5.88. The second-order valence-corrected chi connectivity index (χ2v) is 5.79. The number of nitrogens with one attached hydrogen (secondary N) is 1. The zero-order valence-corrected chi connectivity index (χ0v) is 14.2. The molecule has 0 bridgehead atoms. The number of hydrogen-bond acceptors (Lipinski definition) is 3. The number of fused-ring (bicyclic) bond motifs is 1. The Bertz CT molecular complexity index is 730. The van der Waals surface area contributed by atoms with Crippen LogP contribution in [0.1, 0.15) is 24.4 Å². The topological polar surface area (TPSA) is 75.4 Å². The second kappa shape index (κ2) is 8.13. The van der Waals surface area contributed by atoms with Crippen molar-refractivity contribution in [1.82, 2.24) is 10.2 Å². The summed E-state index contributed by atoms with van der Waals surface area (Å²) in [4.78, 5) is 25.6. The molecule has 0 radical (unpaired) electrons. The van der Waals surface area contributed by atoms with Gasteiger partial charge in [-0.05, 0) is 29.2 Å². The summed E-state index contributed by atoms with van der Waals surface area (Å²) in [6, 6.07) is 14.5. The predicted octanol–water partition coefficient (Wildman–Crippen LogP) is 2.00. The number of rotatable bonds is 4. The molecule has 0 spiro atoms. The Balaban J connectivity index is 0.00000208. The maximum atomic E-state index is 12.5. The van der Waals surface area contributed by atoms with Gasteiger partial charge in [-0.2, -0.15) is 0 Å². The number of nitrogens with zero attached hydrogens (tertiary/aromatic N) is 1. The summed E-state index contributed by atoms with van der Waals surface area (Å²) in [6.45, 7) is 0.641. The molecule has 24 heavy (non-hydrogen) atoms. The van der Waals surface area contributed by atoms with E-state index < -0.39 is 0 Å². The van der Waals surface area contributed by atoms with Crippen LogP contribution in [0.2, 0.25) is 0 Å². The van der Waals surface area contributed by atoms with Crippen LogP contribution >= 0.6 is 12.4 Å². The molecule has 1 aliphatic rings. The highest BCUT2D eigenvalue weighted by Gasteiger charge is 2.30. The lowest BCUT2D eigenvalue weighted by Crippen LogP contribution is -2.41. The zero-order valence-electron chi connectivity index (χ0n) is 13.4. The van der Waals surface area contributed by atoms with Crippen LogP contribution in [0.3, 0.4) is 0 Å². The van der Waals surface area contributed by atoms with Crippen LogP contribution in [0.4, 0.5) is 0 Å². The fraction of sp³-hybridized carbons (Fsp3) is 0.333. The van der Waals surface area contributed by atoms with Crippen molar-refractivity contribution in [3.8, 4) is 0 Å². The smallest absolute Gasteiger partial charge is 0.242 e. The number of carbonyl (C=O) groups excluding carboxylic acids is 2. The van der Waals surface area contributed by atoms with Gasteiger partial charge >= 0.3 is 0 Å². The standard InChI is InChI=1S/C18H21N3O2.ClH/c19-11-17(22)20-12-18(23)21-10-4-9-16(21)15-8-3-6-13-5-1-2-7-14(13)15;/h1-3,5-8,16H,4,9-12,19H2,(H,20,22);1H. The molecule has 1 heterocycles. The van der Waals surface area contributed by atoms with Crippen molar-refractivity contribution in [2.45, 2.75) is 18.9 Å². The molecule has 6 heteroatoms. The number of benzene rings is 2. The molecule has 2 aromatic rings. The molecule has 2 aromatic carbocycles. The van der Waals surface area contributed by atoms with Gasteiger partial charge in [0, 0.05) is 6.54 Å². The van der Waals surface area contributed by atoms with Gasteiger partial charge in [0.1, 0.15) is 0 Å². The summed E-state index contributed by atoms with van der Waals surface area (Å²) in [5, 5.41) is 4.93. The van der Waals surface area contributed by atoms with Crippen molar-refractivity contribution >= 4 is 35.0 Å². The highest BCUT2D eigenvalue weighted by atomic mass is 35.5. The molecule has 0 aromatic heterocycles. The largest absolute Gasteiger partial charge is 0.346 e. The number of amides is 2. The lowest BCUT2D eigenvalue weighted by Gasteiger charge is -2.26. The van der Waals surface area contributed by atoms with Crippen LogP contribution in [-0.2, 0) is 9.59 Å². The first-order valence-electron chi connectivity index (χ1n) is 7.94. The number of likely N-dealkylation sites (tertiary alicyclic amines) is 1. The van der Waals surface area contributed by atoms with Crippen LogP contribution in [0.15, 0.2) is 42.5 Å². The van der Waals surface area contributed by atoms with Gasteiger partial charge in [0.05, 0.1) is 19.1 Å². The van der Waals surface area contributed by atoms with E-state index in [9.17, 15) is 9.59 Å². The molecule has 0 aliphatic carbocycles. The molecule has 3 N–H and O–H groups in total. The van der Waals surface area contributed by atoms with Gasteiger partial charge in [0.15, 0.2) is 0 Å². The van der Waals surface area contributed by atoms with Gasteiger partial charge in [-0.25, -0.2) is 0 Å². The summed E-state index contributed by atoms with van der Waals surface area (Å²) in [5.74, 6) is -0.360. The molecule has 0 saturated carbocycles. The number of hydrogen-bond donors (Lipinski definition) is 2. The molecule has 1 saturated heterocycles. The quantitative estimate of drug-likeness (QED) is 0.888. The van der Waals surface area contributed by atoms with Crippen LogP contribution < -0.4 is 11.1 Å². The third-order valence-electron chi connectivity index (χ3n) is 4.38. The molecule has 2 amide bonds. The number of carbonyl (C=O) groups is 2. The molecule has 128 valence electrons. The molecular weight excluding hydrogens is 326 g/mol. The van der Waals surface area contributed by atoms with E-state index in [-0.39, 0.29) is 43.4 Å². The summed E-state index contributed by atoms with van der Waals surface area (Å²) >= 11 is 0. The van der Waals surface area contributed by atoms with Crippen molar-refractivity contribution in [3.63, 3.8) is 0 Å². The maximum absolute atomic E-state index is 12.5. The SMILES string of the molecule is Cl.NCC(=O)NCC(=O)N1CCCC1c1cccc2ccccc12. The van der Waals surface area contributed by atoms with E-state index in [2.05, 4.69) is 29.6 Å². The maximum Gasteiger partial charge on any atom is 0.242 e. The van der Waals surface area contributed by atoms with E-state index in [1.807, 2.05) is 23.1 Å². The summed E-state index contributed by atoms with van der Waals surface area (Å²) in [6.07, 6.45) is 1.93. The third-order valence-corrected chi connectivity index (χ3v) is 4.38. The van der Waals surface area contributed by atoms with Crippen molar-refractivity contribution in [1.29, 1.82) is 0 Å². The summed E-state index contributed by atoms with van der Waals surface area (Å²) in [5.41, 5.74) is 6.44. The van der Waals surface area contributed by atoms with Crippen molar-refractivity contribution in [2.24, 2.45) is 5.73 Å². The molecule has 1 fully saturated rings. The first-order chi connectivity index (χ1) is 11.2. The van der Waals surface area contributed by atoms with Gasteiger partial charge in [-0.15, -0.1) is 12.4 Å². The average Bonchev–Trinajstić information content (AvgIpc) is 3.08. The zero-order chi connectivity index (χ0) is 16.2. The van der Waals surface area contributed by atoms with Crippen LogP contribution in [0.25, 0.3) is 10.8 Å². The van der Waals surface area contributed by atoms with Gasteiger partial charge in [-0.1, -0.05) is 42.5 Å². The Kier molecular flexibility index (Phi) is 6.17. The molecule has 1 aliphatic heterocycles. The molecule has 1 unspecified atom stereocenters. The lowest BCUT2D eigenvalue weighted by molar-refractivity contribution is -0.133. The Labute approximate surface area is 147 Å². The predicted molar refractivity (Wildman–Crippen MR) is 96.9 cm³/mol.